The fraction of sp³-hybridized carbons (Fsp3) is 0.176. The van der Waals surface area contributed by atoms with Gasteiger partial charge >= 0.3 is 0 Å². The van der Waals surface area contributed by atoms with Crippen LogP contribution in [0.4, 0.5) is 0 Å². The first-order valence-corrected chi connectivity index (χ1v) is 12.4. The van der Waals surface area contributed by atoms with Gasteiger partial charge in [-0.15, -0.1) is 0 Å². The molecule has 0 aliphatic heterocycles. The van der Waals surface area contributed by atoms with E-state index in [1.807, 2.05) is 0 Å². The molecule has 0 aliphatic rings. The molecule has 0 fully saturated rings. The van der Waals surface area contributed by atoms with Crippen LogP contribution in [0.15, 0.2) is 103 Å². The monoisotopic (exact) mass is 440 g/mol. The Kier molecular flexibility index (Phi) is 6.07. The van der Waals surface area contributed by atoms with Crippen LogP contribution in [0.3, 0.4) is 0 Å². The van der Waals surface area contributed by atoms with Gasteiger partial charge in [0.05, 0.1) is 0 Å². The second kappa shape index (κ2) is 9.31. The zero-order chi connectivity index (χ0) is 23.7. The van der Waals surface area contributed by atoms with E-state index in [4.69, 9.17) is 0 Å². The van der Waals surface area contributed by atoms with Crippen LogP contribution in [0, 0.1) is 13.8 Å². The van der Waals surface area contributed by atoms with Gasteiger partial charge in [-0.3, -0.25) is 0 Å². The molecular weight excluding hydrogens is 408 g/mol. The Morgan fingerprint density at radius 3 is 1.94 bits per heavy atom. The van der Waals surface area contributed by atoms with Gasteiger partial charge in [0.25, 0.3) is 0 Å². The summed E-state index contributed by atoms with van der Waals surface area (Å²) in [5, 5.41) is 2.62. The van der Waals surface area contributed by atoms with E-state index in [-0.39, 0.29) is 0 Å². The molecule has 0 saturated heterocycles. The van der Waals surface area contributed by atoms with Crippen molar-refractivity contribution >= 4 is 10.8 Å². The minimum Gasteiger partial charge on any atom is -0.0648 e. The lowest BCUT2D eigenvalue weighted by Gasteiger charge is -2.22. The first-order chi connectivity index (χ1) is 16.6. The quantitative estimate of drug-likeness (QED) is 0.255. The Labute approximate surface area is 203 Å². The Bertz CT molecular complexity index is 1440. The summed E-state index contributed by atoms with van der Waals surface area (Å²) in [5.41, 5.74) is 11.9. The highest BCUT2D eigenvalue weighted by Crippen LogP contribution is 2.43. The van der Waals surface area contributed by atoms with Crippen LogP contribution in [-0.2, 0) is 0 Å². The minimum absolute atomic E-state index is 0.486. The molecule has 0 spiro atoms. The van der Waals surface area contributed by atoms with Crippen molar-refractivity contribution in [1.29, 1.82) is 0 Å². The second-order valence-corrected chi connectivity index (χ2v) is 9.50. The van der Waals surface area contributed by atoms with Crippen molar-refractivity contribution < 1.29 is 0 Å². The number of benzene rings is 5. The molecular formula is C34H32. The van der Waals surface area contributed by atoms with Gasteiger partial charge in [0.1, 0.15) is 0 Å². The Hall–Kier alpha value is -3.64. The van der Waals surface area contributed by atoms with E-state index in [1.54, 1.807) is 0 Å². The van der Waals surface area contributed by atoms with Crippen LogP contribution in [0.1, 0.15) is 42.9 Å². The molecule has 0 nitrogen and oxygen atoms in total. The van der Waals surface area contributed by atoms with Gasteiger partial charge in [0.15, 0.2) is 0 Å². The summed E-state index contributed by atoms with van der Waals surface area (Å²) in [4.78, 5) is 0. The van der Waals surface area contributed by atoms with E-state index < -0.39 is 0 Å². The number of rotatable bonds is 5. The molecule has 1 atom stereocenters. The molecule has 5 aromatic rings. The third-order valence-corrected chi connectivity index (χ3v) is 7.21. The lowest BCUT2D eigenvalue weighted by molar-refractivity contribution is 0.735. The van der Waals surface area contributed by atoms with E-state index in [0.29, 0.717) is 5.92 Å². The first-order valence-electron chi connectivity index (χ1n) is 12.4. The van der Waals surface area contributed by atoms with Crippen molar-refractivity contribution in [2.24, 2.45) is 0 Å². The molecule has 0 saturated carbocycles. The summed E-state index contributed by atoms with van der Waals surface area (Å²) in [6.07, 6.45) is 1.12. The van der Waals surface area contributed by atoms with Crippen LogP contribution < -0.4 is 0 Å². The molecule has 0 heteroatoms. The Morgan fingerprint density at radius 1 is 0.588 bits per heavy atom. The van der Waals surface area contributed by atoms with E-state index in [9.17, 15) is 0 Å². The molecule has 5 rings (SSSR count). The van der Waals surface area contributed by atoms with Crippen molar-refractivity contribution in [1.82, 2.24) is 0 Å². The van der Waals surface area contributed by atoms with Gasteiger partial charge in [0, 0.05) is 0 Å². The average Bonchev–Trinajstić information content (AvgIpc) is 2.88. The van der Waals surface area contributed by atoms with Gasteiger partial charge in [0.2, 0.25) is 0 Å². The highest BCUT2D eigenvalue weighted by molar-refractivity contribution is 6.03. The van der Waals surface area contributed by atoms with Gasteiger partial charge in [-0.1, -0.05) is 123 Å². The maximum atomic E-state index is 2.35. The second-order valence-electron chi connectivity index (χ2n) is 9.50. The van der Waals surface area contributed by atoms with Crippen LogP contribution in [-0.4, -0.2) is 0 Å². The minimum atomic E-state index is 0.486. The van der Waals surface area contributed by atoms with Crippen molar-refractivity contribution in [3.05, 3.63) is 120 Å². The molecule has 1 unspecified atom stereocenters. The van der Waals surface area contributed by atoms with Crippen LogP contribution in [0.25, 0.3) is 44.2 Å². The van der Waals surface area contributed by atoms with E-state index >= 15 is 0 Å². The Morgan fingerprint density at radius 2 is 1.24 bits per heavy atom. The van der Waals surface area contributed by atoms with Gasteiger partial charge in [-0.05, 0) is 81.5 Å². The van der Waals surface area contributed by atoms with Crippen molar-refractivity contribution in [2.75, 3.05) is 0 Å². The summed E-state index contributed by atoms with van der Waals surface area (Å²) in [6.45, 7) is 9.02. The first kappa shape index (κ1) is 22.2. The highest BCUT2D eigenvalue weighted by atomic mass is 14.2. The fourth-order valence-electron chi connectivity index (χ4n) is 5.02. The third kappa shape index (κ3) is 4.05. The smallest absolute Gasteiger partial charge is 0.00617 e. The summed E-state index contributed by atoms with van der Waals surface area (Å²) in [5.74, 6) is 0.486. The van der Waals surface area contributed by atoms with Gasteiger partial charge < -0.3 is 0 Å². The molecule has 0 N–H and O–H groups in total. The van der Waals surface area contributed by atoms with Crippen LogP contribution in [0.5, 0.6) is 0 Å². The summed E-state index contributed by atoms with van der Waals surface area (Å²) in [7, 11) is 0. The number of hydrogen-bond donors (Lipinski definition) is 0. The van der Waals surface area contributed by atoms with Gasteiger partial charge in [-0.25, -0.2) is 0 Å². The van der Waals surface area contributed by atoms with Crippen LogP contribution >= 0.6 is 0 Å². The SMILES string of the molecule is CCC(C)c1cccc(-c2ccc(-c3ccc(C)cc3)cc2)c1-c1c(C)ccc2ccccc12. The summed E-state index contributed by atoms with van der Waals surface area (Å²) >= 11 is 0. The average molecular weight is 441 g/mol. The summed E-state index contributed by atoms with van der Waals surface area (Å²) < 4.78 is 0. The van der Waals surface area contributed by atoms with E-state index in [0.717, 1.165) is 6.42 Å². The van der Waals surface area contributed by atoms with Crippen molar-refractivity contribution in [3.8, 4) is 33.4 Å². The molecule has 0 heterocycles. The number of fused-ring (bicyclic) bond motifs is 1. The lowest BCUT2D eigenvalue weighted by Crippen LogP contribution is -2.00. The molecule has 0 aromatic heterocycles. The largest absolute Gasteiger partial charge is 0.0648 e. The highest BCUT2D eigenvalue weighted by Gasteiger charge is 2.19. The number of hydrogen-bond acceptors (Lipinski definition) is 0. The zero-order valence-electron chi connectivity index (χ0n) is 20.6. The van der Waals surface area contributed by atoms with E-state index in [1.165, 1.54) is 60.8 Å². The zero-order valence-corrected chi connectivity index (χ0v) is 20.6. The number of aryl methyl sites for hydroxylation is 2. The summed E-state index contributed by atoms with van der Waals surface area (Å²) in [6, 6.07) is 38.0. The predicted molar refractivity (Wildman–Crippen MR) is 148 cm³/mol. The molecule has 0 amide bonds. The predicted octanol–water partition coefficient (Wildman–Crippen LogP) is 9.97. The molecule has 168 valence electrons. The topological polar surface area (TPSA) is 0 Å². The lowest BCUT2D eigenvalue weighted by atomic mass is 9.81. The standard InChI is InChI=1S/C34H32/c1-5-24(3)30-11-8-12-32(29-21-19-27(20-22-29)26-16-13-23(2)14-17-26)34(30)33-25(4)15-18-28-9-6-7-10-31(28)33/h6-22,24H,5H2,1-4H3. The van der Waals surface area contributed by atoms with Crippen LogP contribution in [0.2, 0.25) is 0 Å². The third-order valence-electron chi connectivity index (χ3n) is 7.21. The molecule has 34 heavy (non-hydrogen) atoms. The molecule has 0 bridgehead atoms. The molecule has 0 radical (unpaired) electrons. The fourth-order valence-corrected chi connectivity index (χ4v) is 5.02. The molecule has 0 aliphatic carbocycles. The van der Waals surface area contributed by atoms with Gasteiger partial charge in [-0.2, -0.15) is 0 Å². The maximum Gasteiger partial charge on any atom is -0.00617 e. The van der Waals surface area contributed by atoms with E-state index in [2.05, 4.69) is 131 Å². The van der Waals surface area contributed by atoms with Crippen molar-refractivity contribution in [2.45, 2.75) is 40.0 Å². The normalized spacial score (nSPS) is 12.1. The maximum absolute atomic E-state index is 2.35. The Balaban J connectivity index is 1.73. The molecule has 5 aromatic carbocycles. The van der Waals surface area contributed by atoms with Crippen molar-refractivity contribution in [3.63, 3.8) is 0 Å².